The average molecular weight is 367 g/mol. The zero-order valence-electron chi connectivity index (χ0n) is 16.7. The molecule has 0 radical (unpaired) electrons. The van der Waals surface area contributed by atoms with Crippen molar-refractivity contribution in [1.82, 2.24) is 15.6 Å². The van der Waals surface area contributed by atoms with Crippen LogP contribution < -0.4 is 15.4 Å². The van der Waals surface area contributed by atoms with Crippen LogP contribution in [0.25, 0.3) is 0 Å². The minimum Gasteiger partial charge on any atom is -0.475 e. The van der Waals surface area contributed by atoms with Crippen LogP contribution in [0.2, 0.25) is 0 Å². The minimum atomic E-state index is 0.264. The Kier molecular flexibility index (Phi) is 11.4. The molecular weight excluding hydrogens is 332 g/mol. The maximum Gasteiger partial charge on any atom is 0.213 e. The van der Waals surface area contributed by atoms with E-state index in [2.05, 4.69) is 34.5 Å². The first-order valence-electron chi connectivity index (χ1n) is 9.23. The Balaban J connectivity index is 2.35. The quantitative estimate of drug-likeness (QED) is 0.336. The normalized spacial score (nSPS) is 12.9. The molecule has 1 aromatic rings. The molecule has 0 aliphatic rings. The van der Waals surface area contributed by atoms with E-state index in [0.717, 1.165) is 31.1 Å². The Morgan fingerprint density at radius 3 is 2.62 bits per heavy atom. The third-order valence-electron chi connectivity index (χ3n) is 3.86. The van der Waals surface area contributed by atoms with Crippen molar-refractivity contribution in [3.63, 3.8) is 0 Å². The van der Waals surface area contributed by atoms with Crippen molar-refractivity contribution in [3.8, 4) is 5.88 Å². The molecule has 2 N–H and O–H groups in total. The Labute approximate surface area is 157 Å². The second-order valence-corrected chi connectivity index (χ2v) is 6.22. The highest BCUT2D eigenvalue weighted by molar-refractivity contribution is 5.79. The number of ether oxygens (including phenoxy) is 3. The molecule has 1 aromatic heterocycles. The Morgan fingerprint density at radius 2 is 2.04 bits per heavy atom. The van der Waals surface area contributed by atoms with E-state index in [1.807, 2.05) is 19.1 Å². The fraction of sp³-hybridized carbons (Fsp3) is 0.684. The van der Waals surface area contributed by atoms with E-state index < -0.39 is 0 Å². The number of guanidine groups is 1. The highest BCUT2D eigenvalue weighted by atomic mass is 16.5. The van der Waals surface area contributed by atoms with Crippen molar-refractivity contribution < 1.29 is 14.2 Å². The summed E-state index contributed by atoms with van der Waals surface area (Å²) in [7, 11) is 3.41. The Hall–Kier alpha value is -1.86. The molecule has 0 spiro atoms. The van der Waals surface area contributed by atoms with Crippen LogP contribution in [-0.2, 0) is 16.0 Å². The van der Waals surface area contributed by atoms with E-state index in [-0.39, 0.29) is 6.10 Å². The van der Waals surface area contributed by atoms with Gasteiger partial charge in [-0.25, -0.2) is 4.98 Å². The van der Waals surface area contributed by atoms with Gasteiger partial charge in [-0.05, 0) is 24.8 Å². The zero-order chi connectivity index (χ0) is 19.2. The molecule has 1 atom stereocenters. The summed E-state index contributed by atoms with van der Waals surface area (Å²) >= 11 is 0. The van der Waals surface area contributed by atoms with Gasteiger partial charge in [0.15, 0.2) is 5.96 Å². The third-order valence-corrected chi connectivity index (χ3v) is 3.86. The van der Waals surface area contributed by atoms with Crippen LogP contribution in [0.5, 0.6) is 5.88 Å². The molecule has 26 heavy (non-hydrogen) atoms. The maximum absolute atomic E-state index is 5.77. The summed E-state index contributed by atoms with van der Waals surface area (Å²) in [5.74, 6) is 1.87. The van der Waals surface area contributed by atoms with E-state index in [9.17, 15) is 0 Å². The van der Waals surface area contributed by atoms with Crippen molar-refractivity contribution >= 4 is 5.96 Å². The van der Waals surface area contributed by atoms with E-state index in [0.29, 0.717) is 31.6 Å². The SMILES string of the molecule is CCOC(CCNC(=NC)NCc1ccc(OCCOC)nc1)C(C)C. The van der Waals surface area contributed by atoms with E-state index >= 15 is 0 Å². The molecule has 7 nitrogen and oxygen atoms in total. The fourth-order valence-corrected chi connectivity index (χ4v) is 2.39. The highest BCUT2D eigenvalue weighted by Gasteiger charge is 2.12. The standard InChI is InChI=1S/C19H34N4O3/c1-6-25-17(15(2)3)9-10-21-19(20-4)23-14-16-7-8-18(22-13-16)26-12-11-24-5/h7-8,13,15,17H,6,9-12,14H2,1-5H3,(H2,20,21,23). The van der Waals surface area contributed by atoms with Gasteiger partial charge in [0.05, 0.1) is 12.7 Å². The zero-order valence-corrected chi connectivity index (χ0v) is 16.7. The van der Waals surface area contributed by atoms with E-state index in [1.54, 1.807) is 20.4 Å². The van der Waals surface area contributed by atoms with Crippen LogP contribution in [0.3, 0.4) is 0 Å². The van der Waals surface area contributed by atoms with Gasteiger partial charge in [-0.2, -0.15) is 0 Å². The number of pyridine rings is 1. The van der Waals surface area contributed by atoms with Crippen molar-refractivity contribution in [2.75, 3.05) is 40.5 Å². The van der Waals surface area contributed by atoms with Crippen molar-refractivity contribution in [1.29, 1.82) is 0 Å². The first-order valence-corrected chi connectivity index (χ1v) is 9.23. The molecule has 7 heteroatoms. The molecule has 1 rings (SSSR count). The van der Waals surface area contributed by atoms with Crippen molar-refractivity contribution in [2.45, 2.75) is 39.8 Å². The van der Waals surface area contributed by atoms with Gasteiger partial charge in [0.1, 0.15) is 6.61 Å². The van der Waals surface area contributed by atoms with Crippen LogP contribution in [0.15, 0.2) is 23.3 Å². The van der Waals surface area contributed by atoms with Crippen molar-refractivity contribution in [2.24, 2.45) is 10.9 Å². The van der Waals surface area contributed by atoms with Crippen LogP contribution in [-0.4, -0.2) is 57.6 Å². The molecule has 0 aliphatic carbocycles. The topological polar surface area (TPSA) is 77.0 Å². The molecule has 0 aromatic carbocycles. The molecular formula is C19H34N4O3. The predicted molar refractivity (Wildman–Crippen MR) is 105 cm³/mol. The van der Waals surface area contributed by atoms with Gasteiger partial charge < -0.3 is 24.8 Å². The summed E-state index contributed by atoms with van der Waals surface area (Å²) < 4.78 is 16.2. The number of hydrogen-bond acceptors (Lipinski definition) is 5. The molecule has 0 aliphatic heterocycles. The summed E-state index contributed by atoms with van der Waals surface area (Å²) in [5, 5.41) is 6.62. The van der Waals surface area contributed by atoms with Crippen LogP contribution in [0.4, 0.5) is 0 Å². The number of nitrogens with zero attached hydrogens (tertiary/aromatic N) is 2. The monoisotopic (exact) mass is 366 g/mol. The highest BCUT2D eigenvalue weighted by Crippen LogP contribution is 2.10. The summed E-state index contributed by atoms with van der Waals surface area (Å²) in [6, 6.07) is 3.84. The lowest BCUT2D eigenvalue weighted by molar-refractivity contribution is 0.0258. The smallest absolute Gasteiger partial charge is 0.213 e. The molecule has 0 bridgehead atoms. The molecule has 148 valence electrons. The van der Waals surface area contributed by atoms with Gasteiger partial charge in [-0.15, -0.1) is 0 Å². The number of methoxy groups -OCH3 is 1. The van der Waals surface area contributed by atoms with E-state index in [1.165, 1.54) is 0 Å². The first kappa shape index (κ1) is 22.2. The summed E-state index contributed by atoms with van der Waals surface area (Å²) in [6.07, 6.45) is 3.01. The number of aromatic nitrogens is 1. The Bertz CT molecular complexity index is 506. The lowest BCUT2D eigenvalue weighted by Gasteiger charge is -2.21. The number of rotatable bonds is 12. The van der Waals surface area contributed by atoms with Crippen LogP contribution in [0.1, 0.15) is 32.8 Å². The molecule has 0 saturated heterocycles. The molecule has 1 heterocycles. The lowest BCUT2D eigenvalue weighted by Crippen LogP contribution is -2.38. The number of nitrogens with one attached hydrogen (secondary N) is 2. The summed E-state index contributed by atoms with van der Waals surface area (Å²) in [4.78, 5) is 8.54. The minimum absolute atomic E-state index is 0.264. The maximum atomic E-state index is 5.77. The molecule has 1 unspecified atom stereocenters. The molecule has 0 fully saturated rings. The lowest BCUT2D eigenvalue weighted by atomic mass is 10.0. The van der Waals surface area contributed by atoms with Crippen molar-refractivity contribution in [3.05, 3.63) is 23.9 Å². The average Bonchev–Trinajstić information content (AvgIpc) is 2.64. The number of hydrogen-bond donors (Lipinski definition) is 2. The summed E-state index contributed by atoms with van der Waals surface area (Å²) in [5.41, 5.74) is 1.06. The van der Waals surface area contributed by atoms with Crippen LogP contribution in [0, 0.1) is 5.92 Å². The van der Waals surface area contributed by atoms with Crippen LogP contribution >= 0.6 is 0 Å². The van der Waals surface area contributed by atoms with Gasteiger partial charge in [-0.3, -0.25) is 4.99 Å². The second-order valence-electron chi connectivity index (χ2n) is 6.22. The van der Waals surface area contributed by atoms with Gasteiger partial charge >= 0.3 is 0 Å². The third kappa shape index (κ3) is 9.01. The second kappa shape index (κ2) is 13.4. The van der Waals surface area contributed by atoms with Gasteiger partial charge in [0.25, 0.3) is 0 Å². The van der Waals surface area contributed by atoms with Gasteiger partial charge in [0.2, 0.25) is 5.88 Å². The fourth-order valence-electron chi connectivity index (χ4n) is 2.39. The Morgan fingerprint density at radius 1 is 1.23 bits per heavy atom. The summed E-state index contributed by atoms with van der Waals surface area (Å²) in [6.45, 7) is 9.65. The number of aliphatic imine (C=N–C) groups is 1. The van der Waals surface area contributed by atoms with Gasteiger partial charge in [-0.1, -0.05) is 19.9 Å². The van der Waals surface area contributed by atoms with Gasteiger partial charge in [0, 0.05) is 46.1 Å². The first-order chi connectivity index (χ1) is 12.6. The molecule has 0 amide bonds. The van der Waals surface area contributed by atoms with E-state index in [4.69, 9.17) is 14.2 Å². The predicted octanol–water partition coefficient (Wildman–Crippen LogP) is 2.22. The largest absolute Gasteiger partial charge is 0.475 e. The molecule has 0 saturated carbocycles.